The zero-order chi connectivity index (χ0) is 13.6. The molecule has 0 saturated heterocycles. The molecule has 0 radical (unpaired) electrons. The molecular weight excluding hydrogens is 258 g/mol. The summed E-state index contributed by atoms with van der Waals surface area (Å²) in [6, 6.07) is 7.73. The Balaban J connectivity index is 2.06. The number of amides is 1. The van der Waals surface area contributed by atoms with Crippen molar-refractivity contribution < 1.29 is 9.90 Å². The van der Waals surface area contributed by atoms with Crippen LogP contribution in [0, 0.1) is 6.92 Å². The molecule has 2 atom stereocenters. The van der Waals surface area contributed by atoms with Crippen molar-refractivity contribution >= 4 is 22.9 Å². The minimum atomic E-state index is -0.619. The first kappa shape index (κ1) is 12.4. The van der Waals surface area contributed by atoms with Gasteiger partial charge in [-0.15, -0.1) is 11.3 Å². The number of rotatable bonds is 2. The first-order chi connectivity index (χ1) is 9.08. The molecule has 0 bridgehead atoms. The summed E-state index contributed by atoms with van der Waals surface area (Å²) in [6.07, 6.45) is -0.619. The number of aryl methyl sites for hydroxylation is 1. The van der Waals surface area contributed by atoms with Gasteiger partial charge in [0.1, 0.15) is 6.10 Å². The highest BCUT2D eigenvalue weighted by molar-refractivity contribution is 7.10. The van der Waals surface area contributed by atoms with Crippen molar-refractivity contribution in [3.05, 3.63) is 51.2 Å². The number of benzene rings is 1. The fourth-order valence-electron chi connectivity index (χ4n) is 2.50. The van der Waals surface area contributed by atoms with Crippen LogP contribution in [0.4, 0.5) is 5.69 Å². The molecule has 0 aliphatic carbocycles. The predicted molar refractivity (Wildman–Crippen MR) is 76.6 cm³/mol. The van der Waals surface area contributed by atoms with Crippen molar-refractivity contribution in [2.75, 3.05) is 5.32 Å². The number of hydrogen-bond donors (Lipinski definition) is 2. The topological polar surface area (TPSA) is 49.3 Å². The molecule has 1 aliphatic rings. The number of fused-ring (bicyclic) bond motifs is 1. The Hall–Kier alpha value is -1.65. The maximum atomic E-state index is 11.7. The molecule has 98 valence electrons. The van der Waals surface area contributed by atoms with Crippen molar-refractivity contribution in [1.82, 2.24) is 0 Å². The number of carbonyl (C=O) groups excluding carboxylic acids is 1. The van der Waals surface area contributed by atoms with Gasteiger partial charge in [0.15, 0.2) is 0 Å². The summed E-state index contributed by atoms with van der Waals surface area (Å²) in [5, 5.41) is 15.2. The smallest absolute Gasteiger partial charge is 0.231 e. The minimum Gasteiger partial charge on any atom is -0.383 e. The highest BCUT2D eigenvalue weighted by Gasteiger charge is 2.29. The third-order valence-corrected chi connectivity index (χ3v) is 4.55. The van der Waals surface area contributed by atoms with Crippen LogP contribution in [0.3, 0.4) is 0 Å². The van der Waals surface area contributed by atoms with Crippen LogP contribution in [0.2, 0.25) is 0 Å². The van der Waals surface area contributed by atoms with Gasteiger partial charge >= 0.3 is 0 Å². The van der Waals surface area contributed by atoms with Gasteiger partial charge in [0.2, 0.25) is 5.91 Å². The van der Waals surface area contributed by atoms with E-state index < -0.39 is 6.10 Å². The molecule has 2 aromatic rings. The molecule has 1 aromatic carbocycles. The molecule has 2 unspecified atom stereocenters. The van der Waals surface area contributed by atoms with Crippen molar-refractivity contribution in [3.63, 3.8) is 0 Å². The van der Waals surface area contributed by atoms with Crippen LogP contribution in [-0.4, -0.2) is 11.0 Å². The average Bonchev–Trinajstić information content (AvgIpc) is 3.00. The van der Waals surface area contributed by atoms with Crippen molar-refractivity contribution in [1.29, 1.82) is 0 Å². The van der Waals surface area contributed by atoms with Crippen LogP contribution in [0.25, 0.3) is 0 Å². The van der Waals surface area contributed by atoms with E-state index >= 15 is 0 Å². The van der Waals surface area contributed by atoms with Gasteiger partial charge in [0, 0.05) is 10.6 Å². The van der Waals surface area contributed by atoms with E-state index in [0.29, 0.717) is 0 Å². The SMILES string of the molecule is Cc1cc(C(O)c2cccs2)cc2c1NC(=O)C2C. The summed E-state index contributed by atoms with van der Waals surface area (Å²) in [6.45, 7) is 3.85. The van der Waals surface area contributed by atoms with Gasteiger partial charge in [-0.1, -0.05) is 12.1 Å². The van der Waals surface area contributed by atoms with Gasteiger partial charge in [0.25, 0.3) is 0 Å². The second-order valence-electron chi connectivity index (χ2n) is 4.93. The molecule has 0 fully saturated rings. The Morgan fingerprint density at radius 2 is 2.21 bits per heavy atom. The number of carbonyl (C=O) groups is 1. The van der Waals surface area contributed by atoms with Crippen LogP contribution >= 0.6 is 11.3 Å². The molecule has 3 nitrogen and oxygen atoms in total. The maximum absolute atomic E-state index is 11.7. The largest absolute Gasteiger partial charge is 0.383 e. The summed E-state index contributed by atoms with van der Waals surface area (Å²) in [4.78, 5) is 12.6. The lowest BCUT2D eigenvalue weighted by atomic mass is 9.95. The first-order valence-electron chi connectivity index (χ1n) is 6.24. The molecule has 1 amide bonds. The zero-order valence-electron chi connectivity index (χ0n) is 10.8. The van der Waals surface area contributed by atoms with E-state index in [2.05, 4.69) is 5.32 Å². The molecule has 3 rings (SSSR count). The van der Waals surface area contributed by atoms with Crippen molar-refractivity contribution in [3.8, 4) is 0 Å². The molecular formula is C15H15NO2S. The maximum Gasteiger partial charge on any atom is 0.231 e. The molecule has 19 heavy (non-hydrogen) atoms. The molecule has 4 heteroatoms. The van der Waals surface area contributed by atoms with Crippen LogP contribution in [-0.2, 0) is 4.79 Å². The van der Waals surface area contributed by atoms with Crippen LogP contribution in [0.5, 0.6) is 0 Å². The van der Waals surface area contributed by atoms with Gasteiger partial charge in [0.05, 0.1) is 5.92 Å². The first-order valence-corrected chi connectivity index (χ1v) is 7.12. The van der Waals surface area contributed by atoms with E-state index in [-0.39, 0.29) is 11.8 Å². The predicted octanol–water partition coefficient (Wildman–Crippen LogP) is 3.19. The zero-order valence-corrected chi connectivity index (χ0v) is 11.6. The van der Waals surface area contributed by atoms with E-state index in [9.17, 15) is 9.90 Å². The van der Waals surface area contributed by atoms with E-state index in [1.165, 1.54) is 11.3 Å². The van der Waals surface area contributed by atoms with E-state index in [1.807, 2.05) is 43.5 Å². The van der Waals surface area contributed by atoms with E-state index in [1.54, 1.807) is 0 Å². The molecule has 0 spiro atoms. The monoisotopic (exact) mass is 273 g/mol. The number of thiophene rings is 1. The lowest BCUT2D eigenvalue weighted by molar-refractivity contribution is -0.116. The standard InChI is InChI=1S/C15H15NO2S/c1-8-6-10(14(17)12-4-3-5-19-12)7-11-9(2)15(18)16-13(8)11/h3-7,9,14,17H,1-2H3,(H,16,18). The number of nitrogens with one attached hydrogen (secondary N) is 1. The van der Waals surface area contributed by atoms with Crippen LogP contribution in [0.15, 0.2) is 29.6 Å². The van der Waals surface area contributed by atoms with Gasteiger partial charge in [-0.2, -0.15) is 0 Å². The summed E-state index contributed by atoms with van der Waals surface area (Å²) >= 11 is 1.53. The fraction of sp³-hybridized carbons (Fsp3) is 0.267. The molecule has 1 aromatic heterocycles. The summed E-state index contributed by atoms with van der Waals surface area (Å²) in [5.74, 6) is -0.120. The minimum absolute atomic E-state index is 0.0286. The lowest BCUT2D eigenvalue weighted by Gasteiger charge is -2.13. The Morgan fingerprint density at radius 1 is 1.42 bits per heavy atom. The molecule has 0 saturated carbocycles. The third-order valence-electron chi connectivity index (χ3n) is 3.62. The Morgan fingerprint density at radius 3 is 2.89 bits per heavy atom. The summed E-state index contributed by atoms with van der Waals surface area (Å²) in [7, 11) is 0. The van der Waals surface area contributed by atoms with Gasteiger partial charge in [-0.05, 0) is 48.1 Å². The average molecular weight is 273 g/mol. The molecule has 2 N–H and O–H groups in total. The van der Waals surface area contributed by atoms with Gasteiger partial charge in [-0.25, -0.2) is 0 Å². The van der Waals surface area contributed by atoms with Gasteiger partial charge < -0.3 is 10.4 Å². The summed E-state index contributed by atoms with van der Waals surface area (Å²) in [5.41, 5.74) is 3.73. The van der Waals surface area contributed by atoms with Crippen molar-refractivity contribution in [2.24, 2.45) is 0 Å². The van der Waals surface area contributed by atoms with Crippen LogP contribution in [0.1, 0.15) is 40.5 Å². The van der Waals surface area contributed by atoms with Crippen LogP contribution < -0.4 is 5.32 Å². The fourth-order valence-corrected chi connectivity index (χ4v) is 3.23. The quantitative estimate of drug-likeness (QED) is 0.882. The molecule has 2 heterocycles. The number of anilines is 1. The highest BCUT2D eigenvalue weighted by atomic mass is 32.1. The van der Waals surface area contributed by atoms with E-state index in [4.69, 9.17) is 0 Å². The second-order valence-corrected chi connectivity index (χ2v) is 5.91. The molecule has 1 aliphatic heterocycles. The Labute approximate surface area is 115 Å². The normalized spacial score (nSPS) is 19.1. The number of aliphatic hydroxyl groups excluding tert-OH is 1. The highest BCUT2D eigenvalue weighted by Crippen LogP contribution is 2.38. The number of hydrogen-bond acceptors (Lipinski definition) is 3. The Bertz CT molecular complexity index is 634. The van der Waals surface area contributed by atoms with E-state index in [0.717, 1.165) is 27.3 Å². The second kappa shape index (κ2) is 4.47. The third kappa shape index (κ3) is 1.97. The van der Waals surface area contributed by atoms with Gasteiger partial charge in [-0.3, -0.25) is 4.79 Å². The Kier molecular flexibility index (Phi) is 2.92. The van der Waals surface area contributed by atoms with Crippen molar-refractivity contribution in [2.45, 2.75) is 25.9 Å². The lowest BCUT2D eigenvalue weighted by Crippen LogP contribution is -2.08. The number of aliphatic hydroxyl groups is 1. The summed E-state index contributed by atoms with van der Waals surface area (Å²) < 4.78 is 0.